The number of nitrogens with two attached hydrogens (primary N) is 1. The molecule has 0 aliphatic carbocycles. The first kappa shape index (κ1) is 12.0. The summed E-state index contributed by atoms with van der Waals surface area (Å²) in [6, 6.07) is 5.08. The van der Waals surface area contributed by atoms with Crippen molar-refractivity contribution in [2.45, 2.75) is 26.3 Å². The monoisotopic (exact) mass is 210 g/mol. The van der Waals surface area contributed by atoms with Gasteiger partial charge in [0.15, 0.2) is 0 Å². The minimum absolute atomic E-state index is 0.120. The Morgan fingerprint density at radius 2 is 2.13 bits per heavy atom. The Bertz CT molecular complexity index is 323. The van der Waals surface area contributed by atoms with E-state index in [4.69, 9.17) is 5.73 Å². The van der Waals surface area contributed by atoms with E-state index in [0.29, 0.717) is 5.69 Å². The average Bonchev–Trinajstić information content (AvgIpc) is 2.17. The number of rotatable bonds is 4. The fraction of sp³-hybridized carbons (Fsp3) is 0.500. The molecule has 2 nitrogen and oxygen atoms in total. The molecule has 84 valence electrons. The van der Waals surface area contributed by atoms with Crippen LogP contribution in [-0.2, 0) is 0 Å². The summed E-state index contributed by atoms with van der Waals surface area (Å²) >= 11 is 0. The van der Waals surface area contributed by atoms with Gasteiger partial charge in [-0.25, -0.2) is 4.39 Å². The molecule has 3 heteroatoms. The molecule has 1 rings (SSSR count). The van der Waals surface area contributed by atoms with Crippen LogP contribution in [0.15, 0.2) is 18.2 Å². The summed E-state index contributed by atoms with van der Waals surface area (Å²) in [5, 5.41) is 0. The van der Waals surface area contributed by atoms with E-state index in [9.17, 15) is 4.39 Å². The highest BCUT2D eigenvalue weighted by atomic mass is 19.1. The van der Waals surface area contributed by atoms with Gasteiger partial charge in [0.05, 0.1) is 5.69 Å². The van der Waals surface area contributed by atoms with Crippen molar-refractivity contribution < 1.29 is 4.39 Å². The van der Waals surface area contributed by atoms with Crippen molar-refractivity contribution in [2.75, 3.05) is 18.5 Å². The Kier molecular flexibility index (Phi) is 4.09. The Morgan fingerprint density at radius 3 is 2.60 bits per heavy atom. The zero-order chi connectivity index (χ0) is 11.4. The smallest absolute Gasteiger partial charge is 0.146 e. The third kappa shape index (κ3) is 2.93. The van der Waals surface area contributed by atoms with E-state index in [0.717, 1.165) is 18.5 Å². The molecule has 0 spiro atoms. The van der Waals surface area contributed by atoms with Crippen LogP contribution in [0.4, 0.5) is 10.1 Å². The zero-order valence-electron chi connectivity index (χ0n) is 9.63. The second kappa shape index (κ2) is 5.12. The van der Waals surface area contributed by atoms with Crippen LogP contribution in [0.5, 0.6) is 0 Å². The summed E-state index contributed by atoms with van der Waals surface area (Å²) < 4.78 is 13.7. The van der Waals surface area contributed by atoms with Crippen molar-refractivity contribution in [1.82, 2.24) is 0 Å². The highest BCUT2D eigenvalue weighted by Gasteiger charge is 2.09. The van der Waals surface area contributed by atoms with Crippen LogP contribution in [0.3, 0.4) is 0 Å². The lowest BCUT2D eigenvalue weighted by Crippen LogP contribution is -2.19. The van der Waals surface area contributed by atoms with E-state index >= 15 is 0 Å². The number of halogens is 1. The van der Waals surface area contributed by atoms with Gasteiger partial charge in [0, 0.05) is 19.6 Å². The van der Waals surface area contributed by atoms with Gasteiger partial charge in [0.25, 0.3) is 0 Å². The molecule has 1 atom stereocenters. The number of benzene rings is 1. The van der Waals surface area contributed by atoms with Gasteiger partial charge >= 0.3 is 0 Å². The summed E-state index contributed by atoms with van der Waals surface area (Å²) in [6.45, 7) is 4.78. The Hall–Kier alpha value is -1.09. The minimum atomic E-state index is -0.194. The van der Waals surface area contributed by atoms with Gasteiger partial charge in [0.1, 0.15) is 5.82 Å². The Morgan fingerprint density at radius 1 is 1.47 bits per heavy atom. The molecular weight excluding hydrogens is 191 g/mol. The van der Waals surface area contributed by atoms with Crippen molar-refractivity contribution in [3.8, 4) is 0 Å². The molecule has 0 aliphatic rings. The molecule has 1 aromatic carbocycles. The van der Waals surface area contributed by atoms with Crippen LogP contribution >= 0.6 is 0 Å². The zero-order valence-corrected chi connectivity index (χ0v) is 9.63. The first-order valence-electron chi connectivity index (χ1n) is 5.32. The highest BCUT2D eigenvalue weighted by molar-refractivity contribution is 5.48. The maximum absolute atomic E-state index is 13.7. The minimum Gasteiger partial charge on any atom is -0.372 e. The molecule has 0 radical (unpaired) electrons. The van der Waals surface area contributed by atoms with E-state index in [1.54, 1.807) is 6.07 Å². The maximum Gasteiger partial charge on any atom is 0.146 e. The van der Waals surface area contributed by atoms with Gasteiger partial charge in [-0.3, -0.25) is 0 Å². The number of anilines is 1. The first-order chi connectivity index (χ1) is 7.06. The molecule has 0 saturated heterocycles. The Balaban J connectivity index is 2.92. The highest BCUT2D eigenvalue weighted by Crippen LogP contribution is 2.21. The lowest BCUT2D eigenvalue weighted by molar-refractivity contribution is 0.616. The molecule has 15 heavy (non-hydrogen) atoms. The lowest BCUT2D eigenvalue weighted by Gasteiger charge is -2.19. The van der Waals surface area contributed by atoms with Crippen LogP contribution < -0.4 is 10.6 Å². The van der Waals surface area contributed by atoms with Crippen molar-refractivity contribution in [2.24, 2.45) is 5.73 Å². The number of nitrogens with zero attached hydrogens (tertiary/aromatic N) is 1. The molecule has 2 N–H and O–H groups in total. The fourth-order valence-electron chi connectivity index (χ4n) is 1.57. The first-order valence-corrected chi connectivity index (χ1v) is 5.32. The van der Waals surface area contributed by atoms with Gasteiger partial charge in [-0.15, -0.1) is 0 Å². The third-order valence-electron chi connectivity index (χ3n) is 2.47. The topological polar surface area (TPSA) is 29.3 Å². The van der Waals surface area contributed by atoms with Crippen LogP contribution in [0.1, 0.15) is 31.9 Å². The van der Waals surface area contributed by atoms with Crippen molar-refractivity contribution in [3.63, 3.8) is 0 Å². The lowest BCUT2D eigenvalue weighted by atomic mass is 10.1. The van der Waals surface area contributed by atoms with E-state index in [1.165, 1.54) is 6.07 Å². The normalized spacial score (nSPS) is 12.6. The van der Waals surface area contributed by atoms with Gasteiger partial charge in [-0.2, -0.15) is 0 Å². The van der Waals surface area contributed by atoms with Crippen LogP contribution in [-0.4, -0.2) is 13.6 Å². The summed E-state index contributed by atoms with van der Waals surface area (Å²) in [6.07, 6.45) is 1.00. The van der Waals surface area contributed by atoms with Crippen LogP contribution in [0, 0.1) is 5.82 Å². The fourth-order valence-corrected chi connectivity index (χ4v) is 1.57. The molecular formula is C12H19FN2. The molecule has 0 aliphatic heterocycles. The summed E-state index contributed by atoms with van der Waals surface area (Å²) in [4.78, 5) is 1.92. The molecule has 0 saturated carbocycles. The van der Waals surface area contributed by atoms with Gasteiger partial charge in [-0.05, 0) is 31.0 Å². The molecule has 0 aromatic heterocycles. The molecule has 1 unspecified atom stereocenters. The number of hydrogen-bond donors (Lipinski definition) is 1. The van der Waals surface area contributed by atoms with Crippen molar-refractivity contribution in [3.05, 3.63) is 29.6 Å². The number of hydrogen-bond acceptors (Lipinski definition) is 2. The SMILES string of the molecule is CCCN(C)c1ccc(C(C)N)cc1F. The predicted octanol–water partition coefficient (Wildman–Crippen LogP) is 2.69. The summed E-state index contributed by atoms with van der Waals surface area (Å²) in [5.41, 5.74) is 7.16. The molecule has 0 heterocycles. The van der Waals surface area contributed by atoms with Gasteiger partial charge in [-0.1, -0.05) is 13.0 Å². The van der Waals surface area contributed by atoms with E-state index in [-0.39, 0.29) is 11.9 Å². The van der Waals surface area contributed by atoms with Crippen molar-refractivity contribution >= 4 is 5.69 Å². The third-order valence-corrected chi connectivity index (χ3v) is 2.47. The molecule has 0 fully saturated rings. The molecule has 0 amide bonds. The quantitative estimate of drug-likeness (QED) is 0.828. The van der Waals surface area contributed by atoms with Crippen molar-refractivity contribution in [1.29, 1.82) is 0 Å². The second-order valence-electron chi connectivity index (χ2n) is 3.92. The summed E-state index contributed by atoms with van der Waals surface area (Å²) in [5.74, 6) is -0.194. The molecule has 0 bridgehead atoms. The summed E-state index contributed by atoms with van der Waals surface area (Å²) in [7, 11) is 1.90. The van der Waals surface area contributed by atoms with E-state index in [1.807, 2.05) is 24.9 Å². The average molecular weight is 210 g/mol. The van der Waals surface area contributed by atoms with Crippen LogP contribution in [0.25, 0.3) is 0 Å². The van der Waals surface area contributed by atoms with Gasteiger partial charge in [0.2, 0.25) is 0 Å². The predicted molar refractivity (Wildman–Crippen MR) is 62.6 cm³/mol. The largest absolute Gasteiger partial charge is 0.372 e. The standard InChI is InChI=1S/C12H19FN2/c1-4-7-15(3)12-6-5-10(9(2)14)8-11(12)13/h5-6,8-9H,4,7,14H2,1-3H3. The Labute approximate surface area is 90.9 Å². The van der Waals surface area contributed by atoms with Gasteiger partial charge < -0.3 is 10.6 Å². The van der Waals surface area contributed by atoms with Crippen LogP contribution in [0.2, 0.25) is 0 Å². The van der Waals surface area contributed by atoms with E-state index < -0.39 is 0 Å². The second-order valence-corrected chi connectivity index (χ2v) is 3.92. The maximum atomic E-state index is 13.7. The molecule has 1 aromatic rings. The van der Waals surface area contributed by atoms with E-state index in [2.05, 4.69) is 6.92 Å².